The first-order valence-corrected chi connectivity index (χ1v) is 8.65. The molecule has 2 aromatic carbocycles. The number of amides is 3. The minimum absolute atomic E-state index is 0.189. The van der Waals surface area contributed by atoms with Gasteiger partial charge in [0.05, 0.1) is 0 Å². The van der Waals surface area contributed by atoms with Crippen molar-refractivity contribution in [3.8, 4) is 0 Å². The zero-order valence-electron chi connectivity index (χ0n) is 14.4. The molecule has 1 aromatic heterocycles. The third-order valence-electron chi connectivity index (χ3n) is 4.33. The number of H-pyrrole nitrogens is 1. The summed E-state index contributed by atoms with van der Waals surface area (Å²) in [5.41, 5.74) is 4.05. The molecule has 0 radical (unpaired) electrons. The third kappa shape index (κ3) is 3.69. The summed E-state index contributed by atoms with van der Waals surface area (Å²) >= 11 is 0. The van der Waals surface area contributed by atoms with Gasteiger partial charge in [-0.3, -0.25) is 4.79 Å². The normalized spacial score (nSPS) is 13.4. The minimum Gasteiger partial charge on any atom is -0.359 e. The van der Waals surface area contributed by atoms with Gasteiger partial charge in [0.25, 0.3) is 5.91 Å². The Hall–Kier alpha value is -3.28. The number of benzene rings is 2. The van der Waals surface area contributed by atoms with Crippen LogP contribution in [0, 0.1) is 6.92 Å². The summed E-state index contributed by atoms with van der Waals surface area (Å²) in [7, 11) is 0. The van der Waals surface area contributed by atoms with Crippen LogP contribution in [0.1, 0.15) is 28.9 Å². The van der Waals surface area contributed by atoms with E-state index in [9.17, 15) is 9.59 Å². The Balaban J connectivity index is 1.40. The molecule has 4 rings (SSSR count). The smallest absolute Gasteiger partial charge is 0.319 e. The van der Waals surface area contributed by atoms with Gasteiger partial charge in [0, 0.05) is 39.6 Å². The molecule has 0 atom stereocenters. The highest BCUT2D eigenvalue weighted by Crippen LogP contribution is 2.21. The van der Waals surface area contributed by atoms with E-state index in [2.05, 4.69) is 20.9 Å². The van der Waals surface area contributed by atoms with E-state index < -0.39 is 0 Å². The number of hydrogen-bond acceptors (Lipinski definition) is 2. The SMILES string of the molecule is Cc1cc2cc(NC(=O)c3ccc(NC(=O)NC4CC4)cc3)ccc2[nH]1. The summed E-state index contributed by atoms with van der Waals surface area (Å²) in [6.07, 6.45) is 2.08. The van der Waals surface area contributed by atoms with Gasteiger partial charge in [-0.25, -0.2) is 4.79 Å². The lowest BCUT2D eigenvalue weighted by Crippen LogP contribution is -2.30. The lowest BCUT2D eigenvalue weighted by Gasteiger charge is -2.08. The first-order chi connectivity index (χ1) is 12.6. The molecule has 132 valence electrons. The Morgan fingerprint density at radius 2 is 1.69 bits per heavy atom. The summed E-state index contributed by atoms with van der Waals surface area (Å²) in [5.74, 6) is -0.189. The molecule has 0 unspecified atom stereocenters. The number of urea groups is 1. The second kappa shape index (κ2) is 6.55. The molecule has 1 fully saturated rings. The van der Waals surface area contributed by atoms with Gasteiger partial charge < -0.3 is 20.9 Å². The Morgan fingerprint density at radius 3 is 2.42 bits per heavy atom. The fraction of sp³-hybridized carbons (Fsp3) is 0.200. The summed E-state index contributed by atoms with van der Waals surface area (Å²) < 4.78 is 0. The quantitative estimate of drug-likeness (QED) is 0.574. The molecule has 1 aliphatic carbocycles. The molecule has 0 aliphatic heterocycles. The summed E-state index contributed by atoms with van der Waals surface area (Å²) in [5, 5.41) is 9.58. The zero-order chi connectivity index (χ0) is 18.1. The van der Waals surface area contributed by atoms with Gasteiger partial charge >= 0.3 is 6.03 Å². The number of aryl methyl sites for hydroxylation is 1. The molecule has 6 heteroatoms. The average molecular weight is 348 g/mol. The van der Waals surface area contributed by atoms with Gasteiger partial charge in [-0.05, 0) is 68.3 Å². The molecule has 1 saturated carbocycles. The maximum atomic E-state index is 12.4. The number of aromatic nitrogens is 1. The van der Waals surface area contributed by atoms with E-state index in [4.69, 9.17) is 0 Å². The third-order valence-corrected chi connectivity index (χ3v) is 4.33. The van der Waals surface area contributed by atoms with Gasteiger partial charge in [-0.2, -0.15) is 0 Å². The number of anilines is 2. The molecule has 26 heavy (non-hydrogen) atoms. The van der Waals surface area contributed by atoms with Crippen LogP contribution in [0.3, 0.4) is 0 Å². The van der Waals surface area contributed by atoms with Gasteiger partial charge in [-0.1, -0.05) is 0 Å². The number of rotatable bonds is 4. The standard InChI is InChI=1S/C20H20N4O2/c1-12-10-14-11-17(8-9-18(14)21-12)22-19(25)13-2-4-15(5-3-13)23-20(26)24-16-6-7-16/h2-5,8-11,16,21H,6-7H2,1H3,(H,22,25)(H2,23,24,26). The van der Waals surface area contributed by atoms with Crippen LogP contribution >= 0.6 is 0 Å². The Labute approximate surface area is 151 Å². The van der Waals surface area contributed by atoms with Crippen LogP contribution in [-0.2, 0) is 0 Å². The number of carbonyl (C=O) groups excluding carboxylic acids is 2. The number of nitrogens with one attached hydrogen (secondary N) is 4. The highest BCUT2D eigenvalue weighted by molar-refractivity contribution is 6.05. The fourth-order valence-corrected chi connectivity index (χ4v) is 2.84. The molecule has 1 heterocycles. The van der Waals surface area contributed by atoms with E-state index in [-0.39, 0.29) is 11.9 Å². The van der Waals surface area contributed by atoms with Crippen LogP contribution in [0.2, 0.25) is 0 Å². The van der Waals surface area contributed by atoms with Crippen LogP contribution in [0.5, 0.6) is 0 Å². The van der Waals surface area contributed by atoms with Crippen LogP contribution in [0.4, 0.5) is 16.2 Å². The molecule has 1 aliphatic rings. The maximum absolute atomic E-state index is 12.4. The van der Waals surface area contributed by atoms with Crippen molar-refractivity contribution in [2.45, 2.75) is 25.8 Å². The number of carbonyl (C=O) groups is 2. The molecule has 0 spiro atoms. The molecule has 3 aromatic rings. The summed E-state index contributed by atoms with van der Waals surface area (Å²) in [4.78, 5) is 27.4. The predicted octanol–water partition coefficient (Wildman–Crippen LogP) is 4.01. The lowest BCUT2D eigenvalue weighted by molar-refractivity contribution is 0.102. The minimum atomic E-state index is -0.209. The van der Waals surface area contributed by atoms with E-state index in [1.165, 1.54) is 0 Å². The van der Waals surface area contributed by atoms with E-state index in [0.29, 0.717) is 17.3 Å². The van der Waals surface area contributed by atoms with Crippen LogP contribution in [-0.4, -0.2) is 23.0 Å². The van der Waals surface area contributed by atoms with Gasteiger partial charge in [0.15, 0.2) is 0 Å². The maximum Gasteiger partial charge on any atom is 0.319 e. The molecule has 0 saturated heterocycles. The Bertz CT molecular complexity index is 971. The van der Waals surface area contributed by atoms with Crippen LogP contribution in [0.25, 0.3) is 10.9 Å². The van der Waals surface area contributed by atoms with Crippen molar-refractivity contribution >= 4 is 34.2 Å². The predicted molar refractivity (Wildman–Crippen MR) is 103 cm³/mol. The molecular weight excluding hydrogens is 328 g/mol. The zero-order valence-corrected chi connectivity index (χ0v) is 14.4. The number of aromatic amines is 1. The molecular formula is C20H20N4O2. The summed E-state index contributed by atoms with van der Waals surface area (Å²) in [6.45, 7) is 2.00. The largest absolute Gasteiger partial charge is 0.359 e. The molecule has 6 nitrogen and oxygen atoms in total. The van der Waals surface area contributed by atoms with Crippen LogP contribution in [0.15, 0.2) is 48.5 Å². The van der Waals surface area contributed by atoms with E-state index >= 15 is 0 Å². The van der Waals surface area contributed by atoms with E-state index in [0.717, 1.165) is 35.1 Å². The van der Waals surface area contributed by atoms with Gasteiger partial charge in [-0.15, -0.1) is 0 Å². The Morgan fingerprint density at radius 1 is 0.962 bits per heavy atom. The first-order valence-electron chi connectivity index (χ1n) is 8.65. The number of fused-ring (bicyclic) bond motifs is 1. The fourth-order valence-electron chi connectivity index (χ4n) is 2.84. The molecule has 4 N–H and O–H groups in total. The molecule has 0 bridgehead atoms. The second-order valence-electron chi connectivity index (χ2n) is 6.66. The van der Waals surface area contributed by atoms with Crippen molar-refractivity contribution in [2.75, 3.05) is 10.6 Å². The molecule has 3 amide bonds. The Kier molecular flexibility index (Phi) is 4.08. The van der Waals surface area contributed by atoms with Crippen molar-refractivity contribution in [3.63, 3.8) is 0 Å². The monoisotopic (exact) mass is 348 g/mol. The first kappa shape index (κ1) is 16.2. The van der Waals surface area contributed by atoms with E-state index in [1.807, 2.05) is 31.2 Å². The highest BCUT2D eigenvalue weighted by atomic mass is 16.2. The van der Waals surface area contributed by atoms with E-state index in [1.54, 1.807) is 24.3 Å². The second-order valence-corrected chi connectivity index (χ2v) is 6.66. The van der Waals surface area contributed by atoms with Crippen molar-refractivity contribution in [1.82, 2.24) is 10.3 Å². The van der Waals surface area contributed by atoms with Gasteiger partial charge in [0.1, 0.15) is 0 Å². The van der Waals surface area contributed by atoms with Crippen molar-refractivity contribution in [3.05, 3.63) is 59.8 Å². The van der Waals surface area contributed by atoms with Crippen LogP contribution < -0.4 is 16.0 Å². The van der Waals surface area contributed by atoms with Crippen molar-refractivity contribution in [1.29, 1.82) is 0 Å². The van der Waals surface area contributed by atoms with Gasteiger partial charge in [0.2, 0.25) is 0 Å². The lowest BCUT2D eigenvalue weighted by atomic mass is 10.1. The highest BCUT2D eigenvalue weighted by Gasteiger charge is 2.23. The topological polar surface area (TPSA) is 86.0 Å². The van der Waals surface area contributed by atoms with Crippen molar-refractivity contribution < 1.29 is 9.59 Å². The average Bonchev–Trinajstić information content (AvgIpc) is 3.33. The number of hydrogen-bond donors (Lipinski definition) is 4. The summed E-state index contributed by atoms with van der Waals surface area (Å²) in [6, 6.07) is 14.7. The van der Waals surface area contributed by atoms with Crippen molar-refractivity contribution in [2.24, 2.45) is 0 Å².